The predicted octanol–water partition coefficient (Wildman–Crippen LogP) is 0.585. The van der Waals surface area contributed by atoms with Crippen LogP contribution in [0.25, 0.3) is 0 Å². The lowest BCUT2D eigenvalue weighted by molar-refractivity contribution is -0.124. The zero-order valence-corrected chi connectivity index (χ0v) is 10.1. The summed E-state index contributed by atoms with van der Waals surface area (Å²) >= 11 is 0. The van der Waals surface area contributed by atoms with Gasteiger partial charge in [0, 0.05) is 13.7 Å². The van der Waals surface area contributed by atoms with Gasteiger partial charge in [-0.1, -0.05) is 30.3 Å². The Labute approximate surface area is 105 Å². The van der Waals surface area contributed by atoms with E-state index in [1.54, 1.807) is 0 Å². The van der Waals surface area contributed by atoms with Crippen LogP contribution in [-0.2, 0) is 16.1 Å². The second-order valence-electron chi connectivity index (χ2n) is 3.66. The van der Waals surface area contributed by atoms with Crippen LogP contribution in [0.15, 0.2) is 30.3 Å². The number of ether oxygens (including phenoxy) is 1. The van der Waals surface area contributed by atoms with Gasteiger partial charge in [-0.15, -0.1) is 0 Å². The Bertz CT molecular complexity index is 394. The first kappa shape index (κ1) is 14.0. The molecule has 6 heteroatoms. The number of hydrogen-bond donors (Lipinski definition) is 3. The largest absolute Gasteiger partial charge is 0.465 e. The van der Waals surface area contributed by atoms with E-state index in [1.165, 1.54) is 7.11 Å². The third-order valence-corrected chi connectivity index (χ3v) is 2.26. The molecule has 0 aliphatic rings. The Balaban J connectivity index is 2.48. The van der Waals surface area contributed by atoms with Crippen molar-refractivity contribution in [3.05, 3.63) is 35.9 Å². The molecule has 18 heavy (non-hydrogen) atoms. The molecule has 0 heterocycles. The van der Waals surface area contributed by atoms with Gasteiger partial charge in [0.05, 0.1) is 6.61 Å². The molecule has 0 saturated heterocycles. The zero-order valence-electron chi connectivity index (χ0n) is 10.1. The van der Waals surface area contributed by atoms with Crippen LogP contribution < -0.4 is 10.6 Å². The van der Waals surface area contributed by atoms with E-state index in [2.05, 4.69) is 10.6 Å². The fraction of sp³-hybridized carbons (Fsp3) is 0.333. The topological polar surface area (TPSA) is 87.7 Å². The molecule has 0 fully saturated rings. The number of carboxylic acid groups (broad SMARTS) is 1. The van der Waals surface area contributed by atoms with Crippen LogP contribution in [0.3, 0.4) is 0 Å². The SMILES string of the molecule is COC[C@@H](NC(=O)O)C(=O)NCc1ccccc1. The molecule has 2 amide bonds. The summed E-state index contributed by atoms with van der Waals surface area (Å²) in [7, 11) is 1.40. The quantitative estimate of drug-likeness (QED) is 0.691. The molecule has 0 aromatic heterocycles. The lowest BCUT2D eigenvalue weighted by atomic mass is 10.2. The van der Waals surface area contributed by atoms with Crippen LogP contribution in [0.2, 0.25) is 0 Å². The first-order valence-corrected chi connectivity index (χ1v) is 5.43. The first-order valence-electron chi connectivity index (χ1n) is 5.43. The molecule has 6 nitrogen and oxygen atoms in total. The van der Waals surface area contributed by atoms with E-state index in [-0.39, 0.29) is 6.61 Å². The summed E-state index contributed by atoms with van der Waals surface area (Å²) in [5, 5.41) is 13.3. The van der Waals surface area contributed by atoms with Gasteiger partial charge in [-0.25, -0.2) is 4.79 Å². The molecule has 1 aromatic rings. The lowest BCUT2D eigenvalue weighted by Crippen LogP contribution is -2.48. The molecular weight excluding hydrogens is 236 g/mol. The second-order valence-corrected chi connectivity index (χ2v) is 3.66. The van der Waals surface area contributed by atoms with E-state index in [9.17, 15) is 9.59 Å². The van der Waals surface area contributed by atoms with Crippen molar-refractivity contribution in [1.29, 1.82) is 0 Å². The van der Waals surface area contributed by atoms with Crippen LogP contribution in [-0.4, -0.2) is 36.9 Å². The van der Waals surface area contributed by atoms with Gasteiger partial charge in [-0.05, 0) is 5.56 Å². The van der Waals surface area contributed by atoms with Crippen LogP contribution >= 0.6 is 0 Å². The van der Waals surface area contributed by atoms with Crippen molar-refractivity contribution in [2.24, 2.45) is 0 Å². The highest BCUT2D eigenvalue weighted by Gasteiger charge is 2.19. The summed E-state index contributed by atoms with van der Waals surface area (Å²) in [6, 6.07) is 8.45. The highest BCUT2D eigenvalue weighted by atomic mass is 16.5. The van der Waals surface area contributed by atoms with Crippen LogP contribution in [0, 0.1) is 0 Å². The van der Waals surface area contributed by atoms with Gasteiger partial charge in [0.25, 0.3) is 0 Å². The lowest BCUT2D eigenvalue weighted by Gasteiger charge is -2.15. The number of methoxy groups -OCH3 is 1. The summed E-state index contributed by atoms with van der Waals surface area (Å²) in [6.07, 6.45) is -1.26. The Morgan fingerprint density at radius 1 is 1.33 bits per heavy atom. The van der Waals surface area contributed by atoms with Crippen molar-refractivity contribution >= 4 is 12.0 Å². The number of nitrogens with one attached hydrogen (secondary N) is 2. The first-order chi connectivity index (χ1) is 8.63. The maximum atomic E-state index is 11.7. The summed E-state index contributed by atoms with van der Waals surface area (Å²) in [4.78, 5) is 22.2. The van der Waals surface area contributed by atoms with Crippen LogP contribution in [0.5, 0.6) is 0 Å². The standard InChI is InChI=1S/C12H16N2O4/c1-18-8-10(14-12(16)17)11(15)13-7-9-5-3-2-4-6-9/h2-6,10,14H,7-8H2,1H3,(H,13,15)(H,16,17)/t10-/m1/s1. The van der Waals surface area contributed by atoms with E-state index in [4.69, 9.17) is 9.84 Å². The van der Waals surface area contributed by atoms with Crippen molar-refractivity contribution in [1.82, 2.24) is 10.6 Å². The number of hydrogen-bond acceptors (Lipinski definition) is 3. The summed E-state index contributed by atoms with van der Waals surface area (Å²) in [5.41, 5.74) is 0.942. The number of benzene rings is 1. The minimum atomic E-state index is -1.26. The summed E-state index contributed by atoms with van der Waals surface area (Å²) in [6.45, 7) is 0.341. The number of rotatable bonds is 6. The van der Waals surface area contributed by atoms with Gasteiger partial charge >= 0.3 is 6.09 Å². The minimum Gasteiger partial charge on any atom is -0.465 e. The van der Waals surface area contributed by atoms with Crippen LogP contribution in [0.1, 0.15) is 5.56 Å². The summed E-state index contributed by atoms with van der Waals surface area (Å²) in [5.74, 6) is -0.414. The van der Waals surface area contributed by atoms with E-state index < -0.39 is 18.0 Å². The van der Waals surface area contributed by atoms with Gasteiger partial charge in [0.2, 0.25) is 5.91 Å². The van der Waals surface area contributed by atoms with Gasteiger partial charge in [0.15, 0.2) is 0 Å². The smallest absolute Gasteiger partial charge is 0.405 e. The average Bonchev–Trinajstić information content (AvgIpc) is 2.36. The fourth-order valence-corrected chi connectivity index (χ4v) is 1.41. The normalized spacial score (nSPS) is 11.6. The van der Waals surface area contributed by atoms with Crippen molar-refractivity contribution in [2.45, 2.75) is 12.6 Å². The second kappa shape index (κ2) is 7.29. The molecule has 0 bridgehead atoms. The van der Waals surface area contributed by atoms with E-state index in [0.717, 1.165) is 5.56 Å². The molecule has 1 atom stereocenters. The van der Waals surface area contributed by atoms with Crippen molar-refractivity contribution in [3.63, 3.8) is 0 Å². The molecule has 0 radical (unpaired) electrons. The molecule has 1 rings (SSSR count). The Morgan fingerprint density at radius 3 is 2.56 bits per heavy atom. The molecule has 1 aromatic carbocycles. The van der Waals surface area contributed by atoms with Gasteiger partial charge in [0.1, 0.15) is 6.04 Å². The van der Waals surface area contributed by atoms with Crippen molar-refractivity contribution in [3.8, 4) is 0 Å². The van der Waals surface area contributed by atoms with Crippen LogP contribution in [0.4, 0.5) is 4.79 Å². The van der Waals surface area contributed by atoms with Gasteiger partial charge in [-0.2, -0.15) is 0 Å². The predicted molar refractivity (Wildman–Crippen MR) is 65.1 cm³/mol. The third kappa shape index (κ3) is 4.84. The molecule has 0 saturated carbocycles. The Morgan fingerprint density at radius 2 is 2.00 bits per heavy atom. The fourth-order valence-electron chi connectivity index (χ4n) is 1.41. The van der Waals surface area contributed by atoms with Gasteiger partial charge in [-0.3, -0.25) is 4.79 Å². The number of carbonyl (C=O) groups excluding carboxylic acids is 1. The number of carbonyl (C=O) groups is 2. The Hall–Kier alpha value is -2.08. The minimum absolute atomic E-state index is 0.00702. The molecule has 3 N–H and O–H groups in total. The molecule has 0 aliphatic heterocycles. The monoisotopic (exact) mass is 252 g/mol. The van der Waals surface area contributed by atoms with Crippen molar-refractivity contribution in [2.75, 3.05) is 13.7 Å². The maximum absolute atomic E-state index is 11.7. The maximum Gasteiger partial charge on any atom is 0.405 e. The van der Waals surface area contributed by atoms with E-state index in [1.807, 2.05) is 30.3 Å². The van der Waals surface area contributed by atoms with Crippen molar-refractivity contribution < 1.29 is 19.4 Å². The highest BCUT2D eigenvalue weighted by molar-refractivity contribution is 5.85. The Kier molecular flexibility index (Phi) is 5.66. The average molecular weight is 252 g/mol. The molecule has 0 aliphatic carbocycles. The molecule has 0 spiro atoms. The highest BCUT2D eigenvalue weighted by Crippen LogP contribution is 1.97. The molecular formula is C12H16N2O4. The molecule has 98 valence electrons. The summed E-state index contributed by atoms with van der Waals surface area (Å²) < 4.78 is 4.79. The third-order valence-electron chi connectivity index (χ3n) is 2.26. The molecule has 0 unspecified atom stereocenters. The zero-order chi connectivity index (χ0) is 13.4. The number of amides is 2. The van der Waals surface area contributed by atoms with Gasteiger partial charge < -0.3 is 20.5 Å². The van der Waals surface area contributed by atoms with E-state index in [0.29, 0.717) is 6.54 Å². The van der Waals surface area contributed by atoms with E-state index >= 15 is 0 Å².